The lowest BCUT2D eigenvalue weighted by Gasteiger charge is -2.23. The molecule has 0 aromatic carbocycles. The third-order valence-electron chi connectivity index (χ3n) is 2.67. The summed E-state index contributed by atoms with van der Waals surface area (Å²) in [6.45, 7) is 7.52. The van der Waals surface area contributed by atoms with Gasteiger partial charge in [0.15, 0.2) is 0 Å². The number of carboxylic acid groups (broad SMARTS) is 2. The van der Waals surface area contributed by atoms with E-state index in [2.05, 4.69) is 0 Å². The van der Waals surface area contributed by atoms with Crippen LogP contribution in [0.3, 0.4) is 0 Å². The van der Waals surface area contributed by atoms with Crippen LogP contribution >= 0.6 is 0 Å². The molecule has 0 amide bonds. The van der Waals surface area contributed by atoms with Gasteiger partial charge < -0.3 is 19.8 Å². The van der Waals surface area contributed by atoms with Gasteiger partial charge in [-0.2, -0.15) is 0 Å². The van der Waals surface area contributed by atoms with Crippen molar-refractivity contribution in [2.45, 2.75) is 39.7 Å². The maximum Gasteiger partial charge on any atom is 0.307 e. The van der Waals surface area contributed by atoms with Crippen LogP contribution in [0.15, 0.2) is 0 Å². The number of nitrogens with zero attached hydrogens (tertiary/aromatic N) is 1. The summed E-state index contributed by atoms with van der Waals surface area (Å²) < 4.78 is 5.41. The topological polar surface area (TPSA) is 87.1 Å². The van der Waals surface area contributed by atoms with E-state index in [1.165, 1.54) is 0 Å². The van der Waals surface area contributed by atoms with Crippen LogP contribution < -0.4 is 0 Å². The second kappa shape index (κ2) is 9.75. The predicted molar refractivity (Wildman–Crippen MR) is 71.2 cm³/mol. The van der Waals surface area contributed by atoms with Gasteiger partial charge in [-0.3, -0.25) is 9.59 Å². The van der Waals surface area contributed by atoms with Crippen LogP contribution in [0.25, 0.3) is 0 Å². The summed E-state index contributed by atoms with van der Waals surface area (Å²) >= 11 is 0. The van der Waals surface area contributed by atoms with Crippen LogP contribution in [-0.4, -0.2) is 59.4 Å². The van der Waals surface area contributed by atoms with E-state index < -0.39 is 17.9 Å². The third-order valence-corrected chi connectivity index (χ3v) is 2.67. The minimum absolute atomic E-state index is 0.0252. The average Bonchev–Trinajstić information content (AvgIpc) is 2.30. The molecule has 112 valence electrons. The summed E-state index contributed by atoms with van der Waals surface area (Å²) in [4.78, 5) is 23.3. The Morgan fingerprint density at radius 1 is 1.16 bits per heavy atom. The Morgan fingerprint density at radius 2 is 1.79 bits per heavy atom. The van der Waals surface area contributed by atoms with E-state index in [1.807, 2.05) is 18.7 Å². The highest BCUT2D eigenvalue weighted by atomic mass is 16.5. The molecule has 0 bridgehead atoms. The Labute approximate surface area is 114 Å². The monoisotopic (exact) mass is 275 g/mol. The predicted octanol–water partition coefficient (Wildman–Crippen LogP) is 1.30. The van der Waals surface area contributed by atoms with Gasteiger partial charge in [-0.05, 0) is 20.3 Å². The minimum atomic E-state index is -0.869. The Hall–Kier alpha value is -1.14. The van der Waals surface area contributed by atoms with Crippen molar-refractivity contribution in [3.05, 3.63) is 0 Å². The van der Waals surface area contributed by atoms with Gasteiger partial charge in [-0.15, -0.1) is 0 Å². The van der Waals surface area contributed by atoms with Crippen molar-refractivity contribution in [3.8, 4) is 0 Å². The van der Waals surface area contributed by atoms with Gasteiger partial charge in [-0.25, -0.2) is 0 Å². The SMILES string of the molecule is CC(C)OCCCN(CCC(=O)O)CC(C)C(=O)O. The van der Waals surface area contributed by atoms with Crippen LogP contribution in [-0.2, 0) is 14.3 Å². The Bertz CT molecular complexity index is 280. The van der Waals surface area contributed by atoms with Gasteiger partial charge in [0.1, 0.15) is 0 Å². The van der Waals surface area contributed by atoms with E-state index >= 15 is 0 Å². The lowest BCUT2D eigenvalue weighted by Crippen LogP contribution is -2.34. The smallest absolute Gasteiger partial charge is 0.307 e. The van der Waals surface area contributed by atoms with Crippen LogP contribution in [0.1, 0.15) is 33.6 Å². The maximum absolute atomic E-state index is 10.8. The third kappa shape index (κ3) is 10.5. The highest BCUT2D eigenvalue weighted by molar-refractivity contribution is 5.69. The first kappa shape index (κ1) is 17.9. The largest absolute Gasteiger partial charge is 0.481 e. The molecule has 0 rings (SSSR count). The number of hydrogen-bond acceptors (Lipinski definition) is 4. The molecule has 0 saturated carbocycles. The molecule has 0 aliphatic heterocycles. The molecule has 0 aliphatic carbocycles. The zero-order valence-corrected chi connectivity index (χ0v) is 12.0. The molecule has 0 aliphatic rings. The first-order chi connectivity index (χ1) is 8.82. The van der Waals surface area contributed by atoms with Crippen molar-refractivity contribution in [2.24, 2.45) is 5.92 Å². The highest BCUT2D eigenvalue weighted by Crippen LogP contribution is 2.03. The lowest BCUT2D eigenvalue weighted by atomic mass is 10.1. The molecular weight excluding hydrogens is 250 g/mol. The molecule has 1 atom stereocenters. The van der Waals surface area contributed by atoms with Crippen molar-refractivity contribution >= 4 is 11.9 Å². The maximum atomic E-state index is 10.8. The highest BCUT2D eigenvalue weighted by Gasteiger charge is 2.16. The average molecular weight is 275 g/mol. The van der Waals surface area contributed by atoms with Gasteiger partial charge in [0.05, 0.1) is 18.4 Å². The van der Waals surface area contributed by atoms with Gasteiger partial charge in [-0.1, -0.05) is 6.92 Å². The molecule has 0 saturated heterocycles. The molecule has 0 fully saturated rings. The van der Waals surface area contributed by atoms with Gasteiger partial charge in [0.2, 0.25) is 0 Å². The second-order valence-corrected chi connectivity index (χ2v) is 4.96. The van der Waals surface area contributed by atoms with E-state index in [1.54, 1.807) is 6.92 Å². The number of carboxylic acids is 2. The minimum Gasteiger partial charge on any atom is -0.481 e. The molecule has 1 unspecified atom stereocenters. The van der Waals surface area contributed by atoms with Crippen LogP contribution in [0, 0.1) is 5.92 Å². The number of carbonyl (C=O) groups is 2. The van der Waals surface area contributed by atoms with Gasteiger partial charge >= 0.3 is 11.9 Å². The quantitative estimate of drug-likeness (QED) is 0.553. The molecule has 6 nitrogen and oxygen atoms in total. The van der Waals surface area contributed by atoms with E-state index in [0.29, 0.717) is 26.2 Å². The fourth-order valence-electron chi connectivity index (χ4n) is 1.62. The van der Waals surface area contributed by atoms with Crippen LogP contribution in [0.2, 0.25) is 0 Å². The van der Waals surface area contributed by atoms with Crippen molar-refractivity contribution in [1.29, 1.82) is 0 Å². The first-order valence-electron chi connectivity index (χ1n) is 6.61. The van der Waals surface area contributed by atoms with Gasteiger partial charge in [0, 0.05) is 26.2 Å². The number of ether oxygens (including phenoxy) is 1. The van der Waals surface area contributed by atoms with E-state index in [0.717, 1.165) is 6.42 Å². The van der Waals surface area contributed by atoms with Crippen LogP contribution in [0.4, 0.5) is 0 Å². The van der Waals surface area contributed by atoms with Crippen molar-refractivity contribution in [3.63, 3.8) is 0 Å². The zero-order valence-electron chi connectivity index (χ0n) is 12.0. The molecule has 19 heavy (non-hydrogen) atoms. The number of rotatable bonds is 11. The van der Waals surface area contributed by atoms with Crippen molar-refractivity contribution in [2.75, 3.05) is 26.2 Å². The summed E-state index contributed by atoms with van der Waals surface area (Å²) in [5, 5.41) is 17.6. The van der Waals surface area contributed by atoms with E-state index in [-0.39, 0.29) is 12.5 Å². The molecule has 0 radical (unpaired) electrons. The summed E-state index contributed by atoms with van der Waals surface area (Å²) in [6, 6.07) is 0. The standard InChI is InChI=1S/C13H25NO5/c1-10(2)19-8-4-6-14(7-5-12(15)16)9-11(3)13(17)18/h10-11H,4-9H2,1-3H3,(H,15,16)(H,17,18). The Morgan fingerprint density at radius 3 is 2.26 bits per heavy atom. The molecular formula is C13H25NO5. The fraction of sp³-hybridized carbons (Fsp3) is 0.846. The van der Waals surface area contributed by atoms with Crippen molar-refractivity contribution < 1.29 is 24.5 Å². The van der Waals surface area contributed by atoms with E-state index in [4.69, 9.17) is 14.9 Å². The number of hydrogen-bond donors (Lipinski definition) is 2. The summed E-state index contributed by atoms with van der Waals surface area (Å²) in [7, 11) is 0. The van der Waals surface area contributed by atoms with Crippen LogP contribution in [0.5, 0.6) is 0 Å². The Kier molecular flexibility index (Phi) is 9.16. The number of aliphatic carboxylic acids is 2. The molecule has 0 aromatic rings. The van der Waals surface area contributed by atoms with Gasteiger partial charge in [0.25, 0.3) is 0 Å². The first-order valence-corrected chi connectivity index (χ1v) is 6.61. The zero-order chi connectivity index (χ0) is 14.8. The summed E-state index contributed by atoms with van der Waals surface area (Å²) in [6.07, 6.45) is 0.965. The molecule has 6 heteroatoms. The normalized spacial score (nSPS) is 12.9. The molecule has 2 N–H and O–H groups in total. The van der Waals surface area contributed by atoms with Crippen molar-refractivity contribution in [1.82, 2.24) is 4.90 Å². The summed E-state index contributed by atoms with van der Waals surface area (Å²) in [5.41, 5.74) is 0. The summed E-state index contributed by atoms with van der Waals surface area (Å²) in [5.74, 6) is -2.23. The molecule has 0 heterocycles. The Balaban J connectivity index is 4.09. The fourth-order valence-corrected chi connectivity index (χ4v) is 1.62. The van der Waals surface area contributed by atoms with E-state index in [9.17, 15) is 9.59 Å². The molecule has 0 spiro atoms. The lowest BCUT2D eigenvalue weighted by molar-refractivity contribution is -0.141. The second-order valence-electron chi connectivity index (χ2n) is 4.96. The molecule has 0 aromatic heterocycles.